The van der Waals surface area contributed by atoms with Crippen molar-refractivity contribution in [2.24, 2.45) is 4.99 Å². The highest BCUT2D eigenvalue weighted by Crippen LogP contribution is 2.32. The second-order valence-electron chi connectivity index (χ2n) is 8.05. The van der Waals surface area contributed by atoms with Crippen LogP contribution in [0.15, 0.2) is 54.2 Å². The van der Waals surface area contributed by atoms with Gasteiger partial charge in [0.25, 0.3) is 0 Å². The normalized spacial score (nSPS) is 12.2. The molecule has 29 heavy (non-hydrogen) atoms. The number of nitrogens with zero attached hydrogens (tertiary/aromatic N) is 3. The minimum atomic E-state index is 0.116. The van der Waals surface area contributed by atoms with Gasteiger partial charge in [-0.15, -0.1) is 0 Å². The van der Waals surface area contributed by atoms with Gasteiger partial charge < -0.3 is 14.6 Å². The summed E-state index contributed by atoms with van der Waals surface area (Å²) in [6.45, 7) is 13.6. The maximum atomic E-state index is 10.2. The molecule has 0 fully saturated rings. The van der Waals surface area contributed by atoms with Crippen molar-refractivity contribution in [1.29, 1.82) is 0 Å². The molecule has 1 N–H and O–H groups in total. The van der Waals surface area contributed by atoms with Crippen molar-refractivity contribution in [3.8, 4) is 0 Å². The third-order valence-electron chi connectivity index (χ3n) is 5.03. The lowest BCUT2D eigenvalue weighted by Gasteiger charge is -2.16. The van der Waals surface area contributed by atoms with Gasteiger partial charge in [-0.1, -0.05) is 38.6 Å². The van der Waals surface area contributed by atoms with Gasteiger partial charge in [0, 0.05) is 18.1 Å². The molecule has 0 aliphatic heterocycles. The summed E-state index contributed by atoms with van der Waals surface area (Å²) in [5.74, 6) is 0.515. The summed E-state index contributed by atoms with van der Waals surface area (Å²) in [4.78, 5) is 5.92. The lowest BCUT2D eigenvalue weighted by atomic mass is 9.96. The molecular formula is C25H35N3O. The van der Waals surface area contributed by atoms with Gasteiger partial charge >= 0.3 is 0 Å². The third kappa shape index (κ3) is 6.20. The average Bonchev–Trinajstić information content (AvgIpc) is 3.02. The van der Waals surface area contributed by atoms with E-state index < -0.39 is 0 Å². The van der Waals surface area contributed by atoms with Crippen molar-refractivity contribution in [1.82, 2.24) is 9.47 Å². The van der Waals surface area contributed by atoms with Crippen LogP contribution in [0.3, 0.4) is 0 Å². The number of hydrogen-bond acceptors (Lipinski definition) is 3. The molecule has 0 amide bonds. The Labute approximate surface area is 175 Å². The van der Waals surface area contributed by atoms with Crippen molar-refractivity contribution in [2.75, 3.05) is 20.6 Å². The van der Waals surface area contributed by atoms with Crippen LogP contribution in [0.25, 0.3) is 16.7 Å². The number of aliphatic imine (C=N–C) groups is 1. The smallest absolute Gasteiger partial charge is 0.132 e. The molecule has 0 aliphatic rings. The summed E-state index contributed by atoms with van der Waals surface area (Å²) in [5.41, 5.74) is 4.69. The number of fused-ring (bicyclic) bond motifs is 1. The van der Waals surface area contributed by atoms with E-state index >= 15 is 0 Å². The molecule has 1 aromatic heterocycles. The molecule has 0 aliphatic carbocycles. The molecule has 2 rings (SSSR count). The van der Waals surface area contributed by atoms with E-state index in [-0.39, 0.29) is 5.76 Å². The first kappa shape index (κ1) is 22.7. The van der Waals surface area contributed by atoms with Crippen LogP contribution in [0.4, 0.5) is 0 Å². The third-order valence-corrected chi connectivity index (χ3v) is 5.03. The van der Waals surface area contributed by atoms with Crippen LogP contribution in [0, 0.1) is 0 Å². The van der Waals surface area contributed by atoms with Gasteiger partial charge in [-0.3, -0.25) is 4.99 Å². The first-order chi connectivity index (χ1) is 13.8. The molecule has 0 saturated carbocycles. The highest BCUT2D eigenvalue weighted by molar-refractivity contribution is 5.88. The second kappa shape index (κ2) is 10.8. The van der Waals surface area contributed by atoms with Gasteiger partial charge in [-0.05, 0) is 81.9 Å². The molecule has 156 valence electrons. The number of aliphatic hydroxyl groups excluding tert-OH is 1. The zero-order valence-corrected chi connectivity index (χ0v) is 18.4. The molecule has 0 radical (unpaired) electrons. The molecule has 1 heterocycles. The lowest BCUT2D eigenvalue weighted by molar-refractivity contribution is 0.400. The summed E-state index contributed by atoms with van der Waals surface area (Å²) in [5, 5.41) is 11.4. The van der Waals surface area contributed by atoms with Crippen molar-refractivity contribution >= 4 is 23.4 Å². The quantitative estimate of drug-likeness (QED) is 0.291. The number of benzene rings is 1. The Morgan fingerprint density at radius 2 is 2.00 bits per heavy atom. The number of aliphatic hydroxyl groups is 1. The number of hydrogen-bond donors (Lipinski definition) is 1. The van der Waals surface area contributed by atoms with Crippen LogP contribution in [0.2, 0.25) is 0 Å². The van der Waals surface area contributed by atoms with Gasteiger partial charge in [0.15, 0.2) is 0 Å². The minimum absolute atomic E-state index is 0.116. The Kier molecular flexibility index (Phi) is 8.47. The molecule has 1 aromatic carbocycles. The zero-order chi connectivity index (χ0) is 21.4. The van der Waals surface area contributed by atoms with E-state index in [1.54, 1.807) is 6.20 Å². The highest BCUT2D eigenvalue weighted by atomic mass is 16.3. The van der Waals surface area contributed by atoms with Gasteiger partial charge in [0.05, 0.1) is 11.2 Å². The van der Waals surface area contributed by atoms with Crippen LogP contribution in [-0.4, -0.2) is 41.9 Å². The predicted molar refractivity (Wildman–Crippen MR) is 127 cm³/mol. The molecule has 2 aromatic rings. The largest absolute Gasteiger partial charge is 0.506 e. The lowest BCUT2D eigenvalue weighted by Crippen LogP contribution is -2.13. The fourth-order valence-corrected chi connectivity index (χ4v) is 3.66. The average molecular weight is 394 g/mol. The Morgan fingerprint density at radius 3 is 2.62 bits per heavy atom. The molecule has 4 heteroatoms. The van der Waals surface area contributed by atoms with E-state index in [4.69, 9.17) is 0 Å². The summed E-state index contributed by atoms with van der Waals surface area (Å²) in [7, 11) is 4.22. The van der Waals surface area contributed by atoms with Crippen LogP contribution in [-0.2, 0) is 13.0 Å². The first-order valence-electron chi connectivity index (χ1n) is 10.3. The topological polar surface area (TPSA) is 40.8 Å². The maximum absolute atomic E-state index is 10.2. The number of aryl methyl sites for hydroxylation is 2. The standard InChI is InChI=1S/C25H35N3O/c1-19(2)23-17-21(12-11-14-27(5)6)16-22-18-24(20(3)29)28(25(22)23)15-10-8-7-9-13-26-4/h7-9,13,16-19,29H,3-4,10-12,14-15H2,1-2,5-6H3/b8-7-,13-9-. The van der Waals surface area contributed by atoms with Crippen LogP contribution >= 0.6 is 0 Å². The first-order valence-corrected chi connectivity index (χ1v) is 10.3. The molecule has 4 nitrogen and oxygen atoms in total. The van der Waals surface area contributed by atoms with Crippen LogP contribution < -0.4 is 0 Å². The van der Waals surface area contributed by atoms with E-state index in [0.717, 1.165) is 38.0 Å². The van der Waals surface area contributed by atoms with E-state index in [9.17, 15) is 5.11 Å². The fourth-order valence-electron chi connectivity index (χ4n) is 3.66. The summed E-state index contributed by atoms with van der Waals surface area (Å²) in [6.07, 6.45) is 10.6. The van der Waals surface area contributed by atoms with Crippen molar-refractivity contribution < 1.29 is 5.11 Å². The van der Waals surface area contributed by atoms with Gasteiger partial charge in [0.1, 0.15) is 5.76 Å². The Balaban J connectivity index is 2.41. The molecule has 0 bridgehead atoms. The van der Waals surface area contributed by atoms with Crippen molar-refractivity contribution in [3.05, 3.63) is 66.0 Å². The Bertz CT molecular complexity index is 900. The SMILES string of the molecule is C=N/C=C\C=C/CCn1c(C(=C)O)cc2cc(CCCN(C)C)cc(C(C)C)c21. The van der Waals surface area contributed by atoms with E-state index in [1.807, 2.05) is 12.2 Å². The maximum Gasteiger partial charge on any atom is 0.132 e. The van der Waals surface area contributed by atoms with Crippen LogP contribution in [0.1, 0.15) is 49.4 Å². The Morgan fingerprint density at radius 1 is 1.24 bits per heavy atom. The number of aromatic nitrogens is 1. The number of allylic oxidation sites excluding steroid dienone is 3. The van der Waals surface area contributed by atoms with Gasteiger partial charge in [-0.25, -0.2) is 0 Å². The summed E-state index contributed by atoms with van der Waals surface area (Å²) in [6, 6.07) is 6.69. The van der Waals surface area contributed by atoms with Crippen molar-refractivity contribution in [3.63, 3.8) is 0 Å². The zero-order valence-electron chi connectivity index (χ0n) is 18.4. The predicted octanol–water partition coefficient (Wildman–Crippen LogP) is 5.95. The number of rotatable bonds is 11. The highest BCUT2D eigenvalue weighted by Gasteiger charge is 2.17. The van der Waals surface area contributed by atoms with Crippen LogP contribution in [0.5, 0.6) is 0 Å². The van der Waals surface area contributed by atoms with Crippen molar-refractivity contribution in [2.45, 2.75) is 45.6 Å². The fraction of sp³-hybridized carbons (Fsp3) is 0.400. The molecule has 0 spiro atoms. The monoisotopic (exact) mass is 393 g/mol. The van der Waals surface area contributed by atoms with E-state index in [1.165, 1.54) is 22.0 Å². The minimum Gasteiger partial charge on any atom is -0.506 e. The molecule has 0 unspecified atom stereocenters. The second-order valence-corrected chi connectivity index (χ2v) is 8.05. The molecule has 0 atom stereocenters. The summed E-state index contributed by atoms with van der Waals surface area (Å²) < 4.78 is 2.20. The van der Waals surface area contributed by atoms with E-state index in [0.29, 0.717) is 5.92 Å². The molecule has 0 saturated heterocycles. The van der Waals surface area contributed by atoms with E-state index in [2.05, 4.69) is 80.0 Å². The summed E-state index contributed by atoms with van der Waals surface area (Å²) >= 11 is 0. The van der Waals surface area contributed by atoms with Gasteiger partial charge in [-0.2, -0.15) is 0 Å². The van der Waals surface area contributed by atoms with Gasteiger partial charge in [0.2, 0.25) is 0 Å². The molecular weight excluding hydrogens is 358 g/mol. The Hall–Kier alpha value is -2.59.